The maximum absolute atomic E-state index is 14.5. The van der Waals surface area contributed by atoms with Crippen LogP contribution in [-0.4, -0.2) is 79.1 Å². The van der Waals surface area contributed by atoms with Crippen molar-refractivity contribution in [3.63, 3.8) is 0 Å². The van der Waals surface area contributed by atoms with Crippen molar-refractivity contribution in [3.05, 3.63) is 275 Å². The molecule has 2 heterocycles. The quantitative estimate of drug-likeness (QED) is 0.0355. The van der Waals surface area contributed by atoms with Gasteiger partial charge in [-0.1, -0.05) is 231 Å². The Kier molecular flexibility index (Phi) is 17.9. The number of nitrogens with zero attached hydrogens (tertiary/aromatic N) is 2. The molecule has 0 spiro atoms. The lowest BCUT2D eigenvalue weighted by Gasteiger charge is -2.43. The summed E-state index contributed by atoms with van der Waals surface area (Å²) in [6.07, 6.45) is 5.25. The van der Waals surface area contributed by atoms with Gasteiger partial charge in [0.1, 0.15) is 0 Å². The van der Waals surface area contributed by atoms with Gasteiger partial charge in [-0.25, -0.2) is 0 Å². The van der Waals surface area contributed by atoms with Crippen molar-refractivity contribution in [2.75, 3.05) is 51.3 Å². The highest BCUT2D eigenvalue weighted by Crippen LogP contribution is 2.51. The maximum Gasteiger partial charge on any atom is 0.234 e. The van der Waals surface area contributed by atoms with E-state index in [0.29, 0.717) is 31.1 Å². The van der Waals surface area contributed by atoms with Crippen molar-refractivity contribution in [1.82, 2.24) is 20.6 Å². The minimum absolute atomic E-state index is 0.0653. The summed E-state index contributed by atoms with van der Waals surface area (Å²) >= 11 is 3.86. The van der Waals surface area contributed by atoms with Gasteiger partial charge in [-0.05, 0) is 93.9 Å². The fraction of sp³-hybridized carbons (Fsp3) is 0.279. The van der Waals surface area contributed by atoms with Crippen LogP contribution in [0.5, 0.6) is 0 Å². The van der Waals surface area contributed by atoms with Gasteiger partial charge in [0, 0.05) is 54.8 Å². The number of hydroxylamine groups is 1. The molecule has 3 unspecified atom stereocenters. The predicted molar refractivity (Wildman–Crippen MR) is 320 cm³/mol. The molecule has 3 atom stereocenters. The molecule has 1 amide bonds. The van der Waals surface area contributed by atoms with Crippen molar-refractivity contribution in [2.24, 2.45) is 0 Å². The summed E-state index contributed by atoms with van der Waals surface area (Å²) in [6.45, 7) is 5.68. The first kappa shape index (κ1) is 53.0. The molecule has 388 valence electrons. The highest BCUT2D eigenvalue weighted by Gasteiger charge is 2.45. The number of carbonyl (C=O) groups is 1. The number of hydrogen-bond donors (Lipinski definition) is 2. The summed E-state index contributed by atoms with van der Waals surface area (Å²) in [5, 5.41) is 5.98. The molecule has 0 aliphatic carbocycles. The number of fused-ring (bicyclic) bond motifs is 3. The van der Waals surface area contributed by atoms with Crippen LogP contribution in [0.2, 0.25) is 0 Å². The third-order valence-corrected chi connectivity index (χ3v) is 18.9. The summed E-state index contributed by atoms with van der Waals surface area (Å²) in [4.78, 5) is 25.4. The van der Waals surface area contributed by atoms with E-state index < -0.39 is 9.49 Å². The number of carbonyl (C=O) groups excluding carboxylic acids is 1. The SMILES string of the molecule is CCC(NOC)=C1C(c2ccc3ccccc3c2)CC2CCC1N2CCCN(CCSC(c1ccccc1)(c1ccccc1)c1ccccc1)CC(=O)NCCSC(c1ccccc1)(c1ccccc1)c1ccccc1. The number of thioether (sulfide) groups is 2. The normalized spacial score (nSPS) is 17.4. The Morgan fingerprint density at radius 2 is 1.07 bits per heavy atom. The molecule has 76 heavy (non-hydrogen) atoms. The molecule has 2 saturated heterocycles. The number of hydrogen-bond acceptors (Lipinski definition) is 7. The summed E-state index contributed by atoms with van der Waals surface area (Å²) in [7, 11) is 1.73. The summed E-state index contributed by atoms with van der Waals surface area (Å²) in [5.74, 6) is 1.95. The van der Waals surface area contributed by atoms with Crippen LogP contribution < -0.4 is 10.8 Å². The number of amides is 1. The van der Waals surface area contributed by atoms with Crippen LogP contribution in [0.25, 0.3) is 10.8 Å². The van der Waals surface area contributed by atoms with Crippen LogP contribution in [-0.2, 0) is 19.1 Å². The largest absolute Gasteiger partial charge is 0.354 e. The Morgan fingerprint density at radius 1 is 0.592 bits per heavy atom. The molecular formula is C68H72N4O2S2. The predicted octanol–water partition coefficient (Wildman–Crippen LogP) is 14.2. The van der Waals surface area contributed by atoms with E-state index >= 15 is 0 Å². The zero-order valence-electron chi connectivity index (χ0n) is 44.1. The lowest BCUT2D eigenvalue weighted by Crippen LogP contribution is -2.46. The second-order valence-electron chi connectivity index (χ2n) is 20.2. The van der Waals surface area contributed by atoms with Crippen LogP contribution in [0.1, 0.15) is 83.9 Å². The third-order valence-electron chi connectivity index (χ3n) is 15.8. The lowest BCUT2D eigenvalue weighted by molar-refractivity contribution is -0.122. The van der Waals surface area contributed by atoms with Gasteiger partial charge in [-0.15, -0.1) is 23.5 Å². The van der Waals surface area contributed by atoms with Crippen LogP contribution in [0.4, 0.5) is 0 Å². The second-order valence-corrected chi connectivity index (χ2v) is 22.8. The molecule has 2 aliphatic heterocycles. The number of nitrogens with one attached hydrogen (secondary N) is 2. The summed E-state index contributed by atoms with van der Waals surface area (Å²) in [6, 6.07) is 81.9. The molecular weight excluding hydrogens is 969 g/mol. The molecule has 2 N–H and O–H groups in total. The molecule has 8 aromatic carbocycles. The van der Waals surface area contributed by atoms with E-state index in [2.05, 4.69) is 252 Å². The van der Waals surface area contributed by atoms with E-state index in [0.717, 1.165) is 56.8 Å². The first-order valence-corrected chi connectivity index (χ1v) is 29.4. The smallest absolute Gasteiger partial charge is 0.234 e. The molecule has 0 aromatic heterocycles. The highest BCUT2D eigenvalue weighted by molar-refractivity contribution is 8.00. The highest BCUT2D eigenvalue weighted by atomic mass is 32.2. The van der Waals surface area contributed by atoms with Gasteiger partial charge in [0.05, 0.1) is 23.1 Å². The first-order valence-electron chi connectivity index (χ1n) is 27.4. The number of rotatable bonds is 24. The average molecular weight is 1040 g/mol. The van der Waals surface area contributed by atoms with Gasteiger partial charge < -0.3 is 5.32 Å². The molecule has 6 nitrogen and oxygen atoms in total. The molecule has 8 aromatic rings. The minimum Gasteiger partial charge on any atom is -0.354 e. The van der Waals surface area contributed by atoms with Crippen LogP contribution in [0.15, 0.2) is 236 Å². The second kappa shape index (κ2) is 25.6. The van der Waals surface area contributed by atoms with Crippen molar-refractivity contribution in [1.29, 1.82) is 0 Å². The van der Waals surface area contributed by atoms with Gasteiger partial charge in [-0.2, -0.15) is 0 Å². The summed E-state index contributed by atoms with van der Waals surface area (Å²) < 4.78 is -0.890. The molecule has 2 fully saturated rings. The first-order chi connectivity index (χ1) is 37.5. The number of allylic oxidation sites excluding steroid dienone is 1. The van der Waals surface area contributed by atoms with Crippen LogP contribution in [0.3, 0.4) is 0 Å². The maximum atomic E-state index is 14.5. The number of piperidine rings is 1. The summed E-state index contributed by atoms with van der Waals surface area (Å²) in [5.41, 5.74) is 14.8. The molecule has 0 saturated carbocycles. The van der Waals surface area contributed by atoms with Gasteiger partial charge >= 0.3 is 0 Å². The number of benzene rings is 8. The Bertz CT molecular complexity index is 2910. The van der Waals surface area contributed by atoms with Gasteiger partial charge in [0.25, 0.3) is 0 Å². The van der Waals surface area contributed by atoms with Crippen molar-refractivity contribution in [2.45, 2.75) is 66.5 Å². The molecule has 8 heteroatoms. The standard InChI is InChI=1S/C68H72N4O2S2/c1-3-63(70-74-2)66-62(54-40-39-52-25-22-23-26-53(52)49-54)50-61-41-42-64(66)72(61)45-24-44-71(46-48-76-68(58-33-16-7-17-34-58,59-35-18-8-19-36-59)60-37-20-9-21-38-60)51-65(73)69-43-47-75-67(55-27-10-4-11-28-55,56-29-12-5-13-30-56)57-31-14-6-15-32-57/h4-23,25-40,49,61-62,64,70H,3,24,41-48,50-51H2,1-2H3,(H,69,73). The fourth-order valence-electron chi connectivity index (χ4n) is 12.4. The topological polar surface area (TPSA) is 56.8 Å². The van der Waals surface area contributed by atoms with E-state index in [4.69, 9.17) is 4.84 Å². The van der Waals surface area contributed by atoms with E-state index in [1.165, 1.54) is 67.4 Å². The van der Waals surface area contributed by atoms with Gasteiger partial charge in [-0.3, -0.25) is 24.9 Å². The van der Waals surface area contributed by atoms with Crippen LogP contribution in [0, 0.1) is 0 Å². The lowest BCUT2D eigenvalue weighted by atomic mass is 9.78. The monoisotopic (exact) mass is 1040 g/mol. The van der Waals surface area contributed by atoms with Gasteiger partial charge in [0.15, 0.2) is 0 Å². The van der Waals surface area contributed by atoms with Crippen molar-refractivity contribution in [3.8, 4) is 0 Å². The molecule has 0 radical (unpaired) electrons. The van der Waals surface area contributed by atoms with E-state index in [9.17, 15) is 4.79 Å². The molecule has 2 aliphatic rings. The van der Waals surface area contributed by atoms with E-state index in [-0.39, 0.29) is 5.91 Å². The Balaban J connectivity index is 0.888. The zero-order chi connectivity index (χ0) is 52.0. The van der Waals surface area contributed by atoms with Crippen molar-refractivity contribution < 1.29 is 9.63 Å². The molecule has 2 bridgehead atoms. The fourth-order valence-corrected chi connectivity index (χ4v) is 15.4. The Labute approximate surface area is 460 Å². The van der Waals surface area contributed by atoms with E-state index in [1.54, 1.807) is 7.11 Å². The Hall–Kier alpha value is -6.39. The Morgan fingerprint density at radius 3 is 1.55 bits per heavy atom. The third kappa shape index (κ3) is 11.6. The molecule has 10 rings (SSSR count). The van der Waals surface area contributed by atoms with Crippen LogP contribution >= 0.6 is 23.5 Å². The van der Waals surface area contributed by atoms with Gasteiger partial charge in [0.2, 0.25) is 5.91 Å². The van der Waals surface area contributed by atoms with E-state index in [1.807, 2.05) is 23.5 Å². The average Bonchev–Trinajstić information content (AvgIpc) is 3.84. The van der Waals surface area contributed by atoms with Crippen molar-refractivity contribution >= 4 is 40.2 Å². The zero-order valence-corrected chi connectivity index (χ0v) is 45.7. The minimum atomic E-state index is -0.448.